The number of thiazole rings is 1. The Hall–Kier alpha value is -1.95. The van der Waals surface area contributed by atoms with Crippen molar-refractivity contribution in [1.82, 2.24) is 9.97 Å². The third-order valence-electron chi connectivity index (χ3n) is 3.15. The molecule has 0 aliphatic heterocycles. The van der Waals surface area contributed by atoms with Gasteiger partial charge in [-0.15, -0.1) is 11.3 Å². The van der Waals surface area contributed by atoms with Crippen molar-refractivity contribution >= 4 is 28.1 Å². The molecule has 0 saturated carbocycles. The Balaban J connectivity index is 2.04. The molecule has 2 aromatic heterocycles. The molecule has 112 valence electrons. The van der Waals surface area contributed by atoms with Crippen molar-refractivity contribution in [2.75, 3.05) is 16.8 Å². The highest BCUT2D eigenvalue weighted by atomic mass is 32.1. The first-order chi connectivity index (χ1) is 10.0. The summed E-state index contributed by atoms with van der Waals surface area (Å²) in [4.78, 5) is 22.1. The van der Waals surface area contributed by atoms with E-state index in [0.717, 1.165) is 27.9 Å². The van der Waals surface area contributed by atoms with Crippen molar-refractivity contribution in [2.45, 2.75) is 34.2 Å². The molecule has 0 saturated heterocycles. The smallest absolute Gasteiger partial charge is 0.225 e. The van der Waals surface area contributed by atoms with Gasteiger partial charge < -0.3 is 5.32 Å². The number of amides is 1. The fraction of sp³-hybridized carbons (Fsp3) is 0.400. The minimum atomic E-state index is 0.0185. The van der Waals surface area contributed by atoms with E-state index in [1.807, 2.05) is 38.3 Å². The Morgan fingerprint density at radius 2 is 2.10 bits per heavy atom. The van der Waals surface area contributed by atoms with E-state index >= 15 is 0 Å². The molecule has 0 aliphatic rings. The van der Waals surface area contributed by atoms with Gasteiger partial charge in [0.25, 0.3) is 0 Å². The lowest BCUT2D eigenvalue weighted by Crippen LogP contribution is -2.27. The van der Waals surface area contributed by atoms with Crippen LogP contribution in [-0.4, -0.2) is 22.4 Å². The van der Waals surface area contributed by atoms with Crippen LogP contribution in [0, 0.1) is 13.8 Å². The van der Waals surface area contributed by atoms with E-state index in [9.17, 15) is 4.79 Å². The number of carbonyl (C=O) groups excluding carboxylic acids is 1. The standard InChI is InChI=1S/C15H20N4OS/c1-5-19(12(4)20)15-18-13(9-21-15)8-16-14-7-6-10(2)17-11(14)3/h6-7,9,16H,5,8H2,1-4H3. The van der Waals surface area contributed by atoms with E-state index in [1.54, 1.807) is 11.8 Å². The van der Waals surface area contributed by atoms with Gasteiger partial charge in [-0.1, -0.05) is 0 Å². The highest BCUT2D eigenvalue weighted by Gasteiger charge is 2.13. The molecule has 0 spiro atoms. The molecule has 0 aliphatic carbocycles. The maximum Gasteiger partial charge on any atom is 0.225 e. The first kappa shape index (κ1) is 15.4. The number of hydrogen-bond donors (Lipinski definition) is 1. The van der Waals surface area contributed by atoms with Gasteiger partial charge in [-0.25, -0.2) is 4.98 Å². The third kappa shape index (κ3) is 3.78. The van der Waals surface area contributed by atoms with E-state index in [1.165, 1.54) is 11.3 Å². The van der Waals surface area contributed by atoms with Crippen LogP contribution in [0.25, 0.3) is 0 Å². The Morgan fingerprint density at radius 1 is 1.33 bits per heavy atom. The van der Waals surface area contributed by atoms with E-state index in [2.05, 4.69) is 15.3 Å². The normalized spacial score (nSPS) is 10.5. The molecule has 0 unspecified atom stereocenters. The van der Waals surface area contributed by atoms with Gasteiger partial charge in [0, 0.05) is 24.5 Å². The van der Waals surface area contributed by atoms with E-state index in [-0.39, 0.29) is 5.91 Å². The summed E-state index contributed by atoms with van der Waals surface area (Å²) in [5.41, 5.74) is 3.92. The second kappa shape index (κ2) is 6.67. The van der Waals surface area contributed by atoms with Gasteiger partial charge in [0.15, 0.2) is 5.13 Å². The summed E-state index contributed by atoms with van der Waals surface area (Å²) in [6, 6.07) is 4.01. The van der Waals surface area contributed by atoms with Crippen LogP contribution in [0.1, 0.15) is 30.9 Å². The molecule has 5 nitrogen and oxygen atoms in total. The van der Waals surface area contributed by atoms with E-state index < -0.39 is 0 Å². The molecule has 2 aromatic rings. The van der Waals surface area contributed by atoms with Crippen LogP contribution >= 0.6 is 11.3 Å². The number of aryl methyl sites for hydroxylation is 2. The zero-order valence-electron chi connectivity index (χ0n) is 12.8. The highest BCUT2D eigenvalue weighted by molar-refractivity contribution is 7.14. The van der Waals surface area contributed by atoms with Crippen LogP contribution < -0.4 is 10.2 Å². The average Bonchev–Trinajstić information content (AvgIpc) is 2.87. The Labute approximate surface area is 129 Å². The lowest BCUT2D eigenvalue weighted by atomic mass is 10.2. The van der Waals surface area contributed by atoms with Crippen molar-refractivity contribution in [3.63, 3.8) is 0 Å². The molecule has 1 N–H and O–H groups in total. The van der Waals surface area contributed by atoms with Crippen LogP contribution in [0.2, 0.25) is 0 Å². The molecule has 2 heterocycles. The molecule has 0 bridgehead atoms. The number of hydrogen-bond acceptors (Lipinski definition) is 5. The molecule has 0 atom stereocenters. The molecule has 6 heteroatoms. The number of nitrogens with zero attached hydrogens (tertiary/aromatic N) is 3. The van der Waals surface area contributed by atoms with Crippen LogP contribution in [-0.2, 0) is 11.3 Å². The quantitative estimate of drug-likeness (QED) is 0.922. The summed E-state index contributed by atoms with van der Waals surface area (Å²) in [6.07, 6.45) is 0. The largest absolute Gasteiger partial charge is 0.378 e. The molecule has 2 rings (SSSR count). The number of nitrogens with one attached hydrogen (secondary N) is 1. The fourth-order valence-corrected chi connectivity index (χ4v) is 2.99. The van der Waals surface area contributed by atoms with Crippen molar-refractivity contribution in [2.24, 2.45) is 0 Å². The zero-order chi connectivity index (χ0) is 15.4. The van der Waals surface area contributed by atoms with Crippen LogP contribution in [0.5, 0.6) is 0 Å². The van der Waals surface area contributed by atoms with Gasteiger partial charge in [-0.2, -0.15) is 0 Å². The SMILES string of the molecule is CCN(C(C)=O)c1nc(CNc2ccc(C)nc2C)cs1. The lowest BCUT2D eigenvalue weighted by molar-refractivity contribution is -0.116. The monoisotopic (exact) mass is 304 g/mol. The van der Waals surface area contributed by atoms with Crippen molar-refractivity contribution in [1.29, 1.82) is 0 Å². The summed E-state index contributed by atoms with van der Waals surface area (Å²) >= 11 is 1.49. The minimum absolute atomic E-state index is 0.0185. The topological polar surface area (TPSA) is 58.1 Å². The molecule has 1 amide bonds. The van der Waals surface area contributed by atoms with Crippen molar-refractivity contribution in [3.05, 3.63) is 34.6 Å². The summed E-state index contributed by atoms with van der Waals surface area (Å²) in [6.45, 7) is 8.72. The average molecular weight is 304 g/mol. The number of anilines is 2. The van der Waals surface area contributed by atoms with Gasteiger partial charge in [-0.3, -0.25) is 14.7 Å². The summed E-state index contributed by atoms with van der Waals surface area (Å²) in [5.74, 6) is 0.0185. The highest BCUT2D eigenvalue weighted by Crippen LogP contribution is 2.21. The number of aromatic nitrogens is 2. The lowest BCUT2D eigenvalue weighted by Gasteiger charge is -2.14. The van der Waals surface area contributed by atoms with E-state index in [0.29, 0.717) is 13.1 Å². The van der Waals surface area contributed by atoms with Crippen molar-refractivity contribution < 1.29 is 4.79 Å². The van der Waals surface area contributed by atoms with Gasteiger partial charge in [0.05, 0.1) is 23.6 Å². The maximum absolute atomic E-state index is 11.5. The molecule has 0 radical (unpaired) electrons. The second-order valence-electron chi connectivity index (χ2n) is 4.82. The fourth-order valence-electron chi connectivity index (χ4n) is 2.05. The van der Waals surface area contributed by atoms with Crippen LogP contribution in [0.4, 0.5) is 10.8 Å². The van der Waals surface area contributed by atoms with Crippen LogP contribution in [0.3, 0.4) is 0 Å². The zero-order valence-corrected chi connectivity index (χ0v) is 13.6. The minimum Gasteiger partial charge on any atom is -0.378 e. The molecular weight excluding hydrogens is 284 g/mol. The predicted octanol–water partition coefficient (Wildman–Crippen LogP) is 3.14. The first-order valence-corrected chi connectivity index (χ1v) is 7.80. The van der Waals surface area contributed by atoms with Gasteiger partial charge >= 0.3 is 0 Å². The number of rotatable bonds is 5. The van der Waals surface area contributed by atoms with Gasteiger partial charge in [-0.05, 0) is 32.9 Å². The third-order valence-corrected chi connectivity index (χ3v) is 4.06. The summed E-state index contributed by atoms with van der Waals surface area (Å²) in [5, 5.41) is 6.06. The van der Waals surface area contributed by atoms with E-state index in [4.69, 9.17) is 0 Å². The molecule has 21 heavy (non-hydrogen) atoms. The molecule has 0 aromatic carbocycles. The Kier molecular flexibility index (Phi) is 4.90. The first-order valence-electron chi connectivity index (χ1n) is 6.92. The summed E-state index contributed by atoms with van der Waals surface area (Å²) < 4.78 is 0. The van der Waals surface area contributed by atoms with Gasteiger partial charge in [0.1, 0.15) is 0 Å². The van der Waals surface area contributed by atoms with Crippen molar-refractivity contribution in [3.8, 4) is 0 Å². The number of carbonyl (C=O) groups is 1. The maximum atomic E-state index is 11.5. The summed E-state index contributed by atoms with van der Waals surface area (Å²) in [7, 11) is 0. The predicted molar refractivity (Wildman–Crippen MR) is 86.9 cm³/mol. The van der Waals surface area contributed by atoms with Gasteiger partial charge in [0.2, 0.25) is 5.91 Å². The molecular formula is C15H20N4OS. The Morgan fingerprint density at radius 3 is 2.71 bits per heavy atom. The van der Waals surface area contributed by atoms with Crippen LogP contribution in [0.15, 0.2) is 17.5 Å². The molecule has 0 fully saturated rings. The number of pyridine rings is 1. The second-order valence-corrected chi connectivity index (χ2v) is 5.66. The Bertz CT molecular complexity index is 638.